The van der Waals surface area contributed by atoms with Crippen LogP contribution in [-0.2, 0) is 9.59 Å². The lowest BCUT2D eigenvalue weighted by molar-refractivity contribution is -0.149. The summed E-state index contributed by atoms with van der Waals surface area (Å²) in [7, 11) is 0. The molecule has 0 aliphatic carbocycles. The first-order chi connectivity index (χ1) is 7.64. The van der Waals surface area contributed by atoms with E-state index in [0.29, 0.717) is 0 Å². The maximum absolute atomic E-state index is 12.1. The predicted molar refractivity (Wildman–Crippen MR) is 61.2 cm³/mol. The van der Waals surface area contributed by atoms with Gasteiger partial charge in [-0.3, -0.25) is 4.79 Å². The molecule has 0 aromatic carbocycles. The minimum atomic E-state index is -1.10. The highest BCUT2D eigenvalue weighted by atomic mass is 16.4. The molecule has 1 aliphatic rings. The fourth-order valence-electron chi connectivity index (χ4n) is 1.84. The van der Waals surface area contributed by atoms with E-state index in [1.54, 1.807) is 0 Å². The molecule has 1 saturated heterocycles. The molecule has 1 amide bonds. The number of hydrogen-bond donors (Lipinski definition) is 3. The van der Waals surface area contributed by atoms with Crippen LogP contribution < -0.4 is 5.73 Å². The van der Waals surface area contributed by atoms with Gasteiger partial charge in [0.25, 0.3) is 0 Å². The lowest BCUT2D eigenvalue weighted by Gasteiger charge is -2.31. The van der Waals surface area contributed by atoms with Crippen LogP contribution in [0.5, 0.6) is 0 Å². The van der Waals surface area contributed by atoms with Gasteiger partial charge in [0.2, 0.25) is 5.91 Å². The topological polar surface area (TPSA) is 104 Å². The number of amides is 1. The average molecular weight is 244 g/mol. The van der Waals surface area contributed by atoms with Crippen LogP contribution in [-0.4, -0.2) is 51.7 Å². The highest BCUT2D eigenvalue weighted by molar-refractivity contribution is 5.88. The molecule has 1 rings (SSSR count). The molecule has 3 atom stereocenters. The Morgan fingerprint density at radius 1 is 1.41 bits per heavy atom. The molecule has 0 aromatic rings. The van der Waals surface area contributed by atoms with Crippen LogP contribution in [0.15, 0.2) is 0 Å². The molecule has 0 spiro atoms. The molecule has 6 nitrogen and oxygen atoms in total. The molecule has 98 valence electrons. The number of aliphatic hydroxyl groups is 1. The molecule has 0 radical (unpaired) electrons. The monoisotopic (exact) mass is 244 g/mol. The van der Waals surface area contributed by atoms with E-state index in [9.17, 15) is 14.7 Å². The lowest BCUT2D eigenvalue weighted by atomic mass is 9.86. The third-order valence-electron chi connectivity index (χ3n) is 3.05. The van der Waals surface area contributed by atoms with E-state index >= 15 is 0 Å². The number of nitrogens with two attached hydrogens (primary N) is 1. The summed E-state index contributed by atoms with van der Waals surface area (Å²) in [6, 6.07) is -1.74. The standard InChI is InChI=1S/C11H20N2O4/c1-11(2,3)8(12)9(15)13-5-6(14)4-7(13)10(16)17/h6-8,14H,4-5,12H2,1-3H3,(H,16,17)/t6-,7-,8?/m1/s1. The van der Waals surface area contributed by atoms with Crippen molar-refractivity contribution >= 4 is 11.9 Å². The van der Waals surface area contributed by atoms with E-state index in [4.69, 9.17) is 10.8 Å². The van der Waals surface area contributed by atoms with Gasteiger partial charge in [0.1, 0.15) is 6.04 Å². The van der Waals surface area contributed by atoms with E-state index in [1.807, 2.05) is 20.8 Å². The van der Waals surface area contributed by atoms with Gasteiger partial charge in [-0.15, -0.1) is 0 Å². The van der Waals surface area contributed by atoms with Crippen LogP contribution in [0.4, 0.5) is 0 Å². The number of carbonyl (C=O) groups excluding carboxylic acids is 1. The van der Waals surface area contributed by atoms with E-state index < -0.39 is 35.5 Å². The van der Waals surface area contributed by atoms with Crippen molar-refractivity contribution in [1.29, 1.82) is 0 Å². The number of nitrogens with zero attached hydrogens (tertiary/aromatic N) is 1. The van der Waals surface area contributed by atoms with Crippen molar-refractivity contribution in [3.63, 3.8) is 0 Å². The van der Waals surface area contributed by atoms with E-state index in [0.717, 1.165) is 0 Å². The largest absolute Gasteiger partial charge is 0.480 e. The van der Waals surface area contributed by atoms with Crippen LogP contribution in [0.3, 0.4) is 0 Å². The molecule has 1 fully saturated rings. The number of aliphatic hydroxyl groups excluding tert-OH is 1. The SMILES string of the molecule is CC(C)(C)C(N)C(=O)N1C[C@H](O)C[C@@H]1C(=O)O. The molecular weight excluding hydrogens is 224 g/mol. The molecule has 1 unspecified atom stereocenters. The van der Waals surface area contributed by atoms with Crippen molar-refractivity contribution in [2.75, 3.05) is 6.54 Å². The Balaban J connectivity index is 2.84. The number of rotatable bonds is 2. The zero-order chi connectivity index (χ0) is 13.4. The molecule has 4 N–H and O–H groups in total. The van der Waals surface area contributed by atoms with Gasteiger partial charge < -0.3 is 20.8 Å². The van der Waals surface area contributed by atoms with Gasteiger partial charge in [-0.25, -0.2) is 4.79 Å². The van der Waals surface area contributed by atoms with Gasteiger partial charge in [-0.2, -0.15) is 0 Å². The molecule has 17 heavy (non-hydrogen) atoms. The summed E-state index contributed by atoms with van der Waals surface area (Å²) >= 11 is 0. The van der Waals surface area contributed by atoms with Gasteiger partial charge in [0.05, 0.1) is 12.1 Å². The van der Waals surface area contributed by atoms with Crippen LogP contribution >= 0.6 is 0 Å². The summed E-state index contributed by atoms with van der Waals surface area (Å²) in [5, 5.41) is 18.4. The van der Waals surface area contributed by atoms with E-state index in [-0.39, 0.29) is 13.0 Å². The number of likely N-dealkylation sites (tertiary alicyclic amines) is 1. The summed E-state index contributed by atoms with van der Waals surface area (Å²) in [5.74, 6) is -1.52. The summed E-state index contributed by atoms with van der Waals surface area (Å²) in [6.07, 6.45) is -0.718. The Bertz CT molecular complexity index is 324. The van der Waals surface area contributed by atoms with Gasteiger partial charge in [0, 0.05) is 13.0 Å². The Hall–Kier alpha value is -1.14. The number of β-amino-alcohol motifs (C(OH)–C–C–N with tert-alkyl or cyclic N) is 1. The second kappa shape index (κ2) is 4.62. The molecule has 0 bridgehead atoms. The zero-order valence-electron chi connectivity index (χ0n) is 10.4. The Morgan fingerprint density at radius 3 is 2.35 bits per heavy atom. The van der Waals surface area contributed by atoms with Crippen molar-refractivity contribution in [1.82, 2.24) is 4.90 Å². The van der Waals surface area contributed by atoms with Crippen molar-refractivity contribution in [3.8, 4) is 0 Å². The fraction of sp³-hybridized carbons (Fsp3) is 0.818. The number of carbonyl (C=O) groups is 2. The van der Waals surface area contributed by atoms with Crippen LogP contribution in [0.2, 0.25) is 0 Å². The second-order valence-electron chi connectivity index (χ2n) is 5.58. The Labute approximate surface area is 100 Å². The Kier molecular flexibility index (Phi) is 3.78. The lowest BCUT2D eigenvalue weighted by Crippen LogP contribution is -2.53. The second-order valence-corrected chi connectivity index (χ2v) is 5.58. The third-order valence-corrected chi connectivity index (χ3v) is 3.05. The van der Waals surface area contributed by atoms with Crippen molar-refractivity contribution in [3.05, 3.63) is 0 Å². The molecule has 0 aromatic heterocycles. The van der Waals surface area contributed by atoms with E-state index in [1.165, 1.54) is 4.90 Å². The van der Waals surface area contributed by atoms with Gasteiger partial charge in [-0.05, 0) is 5.41 Å². The van der Waals surface area contributed by atoms with Gasteiger partial charge in [0.15, 0.2) is 0 Å². The van der Waals surface area contributed by atoms with Crippen molar-refractivity contribution < 1.29 is 19.8 Å². The highest BCUT2D eigenvalue weighted by Crippen LogP contribution is 2.24. The molecule has 1 heterocycles. The van der Waals surface area contributed by atoms with Gasteiger partial charge in [-0.1, -0.05) is 20.8 Å². The maximum atomic E-state index is 12.1. The summed E-state index contributed by atoms with van der Waals surface area (Å²) in [6.45, 7) is 5.49. The van der Waals surface area contributed by atoms with Crippen LogP contribution in [0, 0.1) is 5.41 Å². The fourth-order valence-corrected chi connectivity index (χ4v) is 1.84. The van der Waals surface area contributed by atoms with Crippen LogP contribution in [0.25, 0.3) is 0 Å². The number of carboxylic acids is 1. The number of aliphatic carboxylic acids is 1. The summed E-state index contributed by atoms with van der Waals surface area (Å²) < 4.78 is 0. The third kappa shape index (κ3) is 2.95. The number of hydrogen-bond acceptors (Lipinski definition) is 4. The first-order valence-electron chi connectivity index (χ1n) is 5.61. The average Bonchev–Trinajstić information content (AvgIpc) is 2.56. The molecule has 6 heteroatoms. The summed E-state index contributed by atoms with van der Waals surface area (Å²) in [5.41, 5.74) is 5.38. The zero-order valence-corrected chi connectivity index (χ0v) is 10.4. The molecular formula is C11H20N2O4. The van der Waals surface area contributed by atoms with Crippen LogP contribution in [0.1, 0.15) is 27.2 Å². The first kappa shape index (κ1) is 13.9. The molecule has 1 aliphatic heterocycles. The quantitative estimate of drug-likeness (QED) is 0.602. The predicted octanol–water partition coefficient (Wildman–Crippen LogP) is -0.594. The van der Waals surface area contributed by atoms with Crippen molar-refractivity contribution in [2.45, 2.75) is 45.4 Å². The van der Waals surface area contributed by atoms with Crippen molar-refractivity contribution in [2.24, 2.45) is 11.1 Å². The first-order valence-corrected chi connectivity index (χ1v) is 5.61. The normalized spacial score (nSPS) is 27.0. The van der Waals surface area contributed by atoms with E-state index in [2.05, 4.69) is 0 Å². The smallest absolute Gasteiger partial charge is 0.326 e. The molecule has 0 saturated carbocycles. The number of carboxylic acid groups (broad SMARTS) is 1. The minimum Gasteiger partial charge on any atom is -0.480 e. The Morgan fingerprint density at radius 2 is 1.94 bits per heavy atom. The van der Waals surface area contributed by atoms with Gasteiger partial charge >= 0.3 is 5.97 Å². The minimum absolute atomic E-state index is 0.0413. The summed E-state index contributed by atoms with van der Waals surface area (Å²) in [4.78, 5) is 24.2. The highest BCUT2D eigenvalue weighted by Gasteiger charge is 2.42. The maximum Gasteiger partial charge on any atom is 0.326 e.